The lowest BCUT2D eigenvalue weighted by Gasteiger charge is -2.11. The maximum Gasteiger partial charge on any atom is 0.331 e. The molecule has 0 fully saturated rings. The van der Waals surface area contributed by atoms with Gasteiger partial charge in [0, 0.05) is 16.7 Å². The molecule has 2 rings (SSSR count). The largest absolute Gasteiger partial charge is 0.449 e. The molecule has 1 aromatic carbocycles. The summed E-state index contributed by atoms with van der Waals surface area (Å²) in [7, 11) is 0. The van der Waals surface area contributed by atoms with Gasteiger partial charge in [-0.1, -0.05) is 39.7 Å². The number of carbonyl (C=O) groups excluding carboxylic acids is 2. The average molecular weight is 410 g/mol. The zero-order valence-electron chi connectivity index (χ0n) is 12.7. The molecule has 124 valence electrons. The van der Waals surface area contributed by atoms with Crippen LogP contribution in [0.15, 0.2) is 53.1 Å². The molecule has 1 heterocycles. The van der Waals surface area contributed by atoms with Gasteiger partial charge in [-0.25, -0.2) is 9.78 Å². The number of pyridine rings is 1. The van der Waals surface area contributed by atoms with Crippen LogP contribution in [-0.2, 0) is 14.3 Å². The third-order valence-corrected chi connectivity index (χ3v) is 3.67. The second-order valence-electron chi connectivity index (χ2n) is 4.81. The van der Waals surface area contributed by atoms with Crippen molar-refractivity contribution in [3.05, 3.63) is 63.7 Å². The summed E-state index contributed by atoms with van der Waals surface area (Å²) in [6, 6.07) is 10.6. The lowest BCUT2D eigenvalue weighted by molar-refractivity contribution is -0.148. The number of amides is 1. The van der Waals surface area contributed by atoms with E-state index in [-0.39, 0.29) is 0 Å². The van der Waals surface area contributed by atoms with Gasteiger partial charge in [-0.3, -0.25) is 4.79 Å². The molecule has 1 aromatic heterocycles. The Morgan fingerprint density at radius 1 is 1.25 bits per heavy atom. The first-order valence-corrected chi connectivity index (χ1v) is 8.18. The average Bonchev–Trinajstić information content (AvgIpc) is 2.56. The minimum absolute atomic E-state index is 0.331. The number of benzene rings is 1. The highest BCUT2D eigenvalue weighted by atomic mass is 79.9. The Hall–Kier alpha value is -2.18. The molecule has 0 aliphatic carbocycles. The molecule has 2 aromatic rings. The standard InChI is InChI=1S/C17H14BrClN2O3/c1-11(17(23)21-15-8-7-14(19)10-20-15)24-16(22)9-4-12-2-5-13(18)6-3-12/h2-11H,1H3,(H,20,21,23)/b9-4+/t11-/m1/s1. The highest BCUT2D eigenvalue weighted by Crippen LogP contribution is 2.12. The minimum atomic E-state index is -0.954. The molecule has 0 aliphatic rings. The molecule has 1 N–H and O–H groups in total. The van der Waals surface area contributed by atoms with Crippen LogP contribution in [0, 0.1) is 0 Å². The molecule has 7 heteroatoms. The number of anilines is 1. The number of halogens is 2. The first-order chi connectivity index (χ1) is 11.4. The minimum Gasteiger partial charge on any atom is -0.449 e. The zero-order valence-corrected chi connectivity index (χ0v) is 15.0. The van der Waals surface area contributed by atoms with Crippen LogP contribution < -0.4 is 5.32 Å². The SMILES string of the molecule is C[C@@H](OC(=O)/C=C/c1ccc(Br)cc1)C(=O)Nc1ccc(Cl)cn1. The molecule has 0 spiro atoms. The van der Waals surface area contributed by atoms with Crippen LogP contribution in [0.25, 0.3) is 6.08 Å². The summed E-state index contributed by atoms with van der Waals surface area (Å²) < 4.78 is 6.00. The van der Waals surface area contributed by atoms with E-state index in [4.69, 9.17) is 16.3 Å². The predicted octanol–water partition coefficient (Wildman–Crippen LogP) is 4.08. The fraction of sp³-hybridized carbons (Fsp3) is 0.118. The fourth-order valence-corrected chi connectivity index (χ4v) is 2.06. The van der Waals surface area contributed by atoms with E-state index in [1.807, 2.05) is 24.3 Å². The van der Waals surface area contributed by atoms with Crippen molar-refractivity contribution in [3.63, 3.8) is 0 Å². The third kappa shape index (κ3) is 5.79. The van der Waals surface area contributed by atoms with Crippen molar-refractivity contribution in [2.75, 3.05) is 5.32 Å². The molecular weight excluding hydrogens is 396 g/mol. The molecular formula is C17H14BrClN2O3. The number of hydrogen-bond donors (Lipinski definition) is 1. The van der Waals surface area contributed by atoms with E-state index in [0.717, 1.165) is 10.0 Å². The van der Waals surface area contributed by atoms with Gasteiger partial charge in [0.1, 0.15) is 5.82 Å². The highest BCUT2D eigenvalue weighted by Gasteiger charge is 2.17. The number of hydrogen-bond acceptors (Lipinski definition) is 4. The first kappa shape index (κ1) is 18.2. The van der Waals surface area contributed by atoms with Gasteiger partial charge in [-0.05, 0) is 42.8 Å². The van der Waals surface area contributed by atoms with E-state index in [1.165, 1.54) is 19.2 Å². The van der Waals surface area contributed by atoms with Crippen LogP contribution in [0.1, 0.15) is 12.5 Å². The molecule has 0 unspecified atom stereocenters. The van der Waals surface area contributed by atoms with Crippen molar-refractivity contribution in [1.82, 2.24) is 4.98 Å². The molecule has 1 atom stereocenters. The van der Waals surface area contributed by atoms with Crippen LogP contribution in [-0.4, -0.2) is 23.0 Å². The van der Waals surface area contributed by atoms with Gasteiger partial charge in [-0.2, -0.15) is 0 Å². The smallest absolute Gasteiger partial charge is 0.331 e. The van der Waals surface area contributed by atoms with E-state index in [9.17, 15) is 9.59 Å². The van der Waals surface area contributed by atoms with Crippen LogP contribution in [0.5, 0.6) is 0 Å². The van der Waals surface area contributed by atoms with Gasteiger partial charge in [0.2, 0.25) is 0 Å². The summed E-state index contributed by atoms with van der Waals surface area (Å²) >= 11 is 9.05. The van der Waals surface area contributed by atoms with Crippen LogP contribution in [0.4, 0.5) is 5.82 Å². The Morgan fingerprint density at radius 3 is 2.58 bits per heavy atom. The van der Waals surface area contributed by atoms with Crippen LogP contribution in [0.2, 0.25) is 5.02 Å². The fourth-order valence-electron chi connectivity index (χ4n) is 1.68. The summed E-state index contributed by atoms with van der Waals surface area (Å²) in [5.41, 5.74) is 0.845. The van der Waals surface area contributed by atoms with E-state index in [2.05, 4.69) is 26.2 Å². The topological polar surface area (TPSA) is 68.3 Å². The Labute approximate surface area is 152 Å². The Morgan fingerprint density at radius 2 is 1.96 bits per heavy atom. The van der Waals surface area contributed by atoms with Crippen molar-refractivity contribution < 1.29 is 14.3 Å². The zero-order chi connectivity index (χ0) is 17.5. The number of carbonyl (C=O) groups is 2. The van der Waals surface area contributed by atoms with E-state index in [0.29, 0.717) is 10.8 Å². The van der Waals surface area contributed by atoms with Gasteiger partial charge >= 0.3 is 5.97 Å². The van der Waals surface area contributed by atoms with Crippen molar-refractivity contribution in [2.45, 2.75) is 13.0 Å². The predicted molar refractivity (Wildman–Crippen MR) is 96.6 cm³/mol. The maximum atomic E-state index is 12.0. The third-order valence-electron chi connectivity index (χ3n) is 2.92. The number of ether oxygens (including phenoxy) is 1. The highest BCUT2D eigenvalue weighted by molar-refractivity contribution is 9.10. The molecule has 24 heavy (non-hydrogen) atoms. The molecule has 0 radical (unpaired) electrons. The van der Waals surface area contributed by atoms with Gasteiger partial charge in [0.25, 0.3) is 5.91 Å². The number of nitrogens with zero attached hydrogens (tertiary/aromatic N) is 1. The maximum absolute atomic E-state index is 12.0. The Bertz CT molecular complexity index is 745. The molecule has 0 bridgehead atoms. The monoisotopic (exact) mass is 408 g/mol. The summed E-state index contributed by atoms with van der Waals surface area (Å²) in [6.45, 7) is 1.48. The number of rotatable bonds is 5. The van der Waals surface area contributed by atoms with E-state index >= 15 is 0 Å². The van der Waals surface area contributed by atoms with Gasteiger partial charge < -0.3 is 10.1 Å². The quantitative estimate of drug-likeness (QED) is 0.597. The molecule has 1 amide bonds. The summed E-state index contributed by atoms with van der Waals surface area (Å²) in [5.74, 6) is -0.752. The summed E-state index contributed by atoms with van der Waals surface area (Å²) in [5, 5.41) is 3.00. The van der Waals surface area contributed by atoms with Gasteiger partial charge in [0.05, 0.1) is 5.02 Å². The Balaban J connectivity index is 1.87. The normalized spacial score (nSPS) is 12.0. The van der Waals surface area contributed by atoms with E-state index < -0.39 is 18.0 Å². The van der Waals surface area contributed by atoms with Crippen molar-refractivity contribution in [2.24, 2.45) is 0 Å². The summed E-state index contributed by atoms with van der Waals surface area (Å²) in [6.07, 6.45) is 3.34. The van der Waals surface area contributed by atoms with Gasteiger partial charge in [0.15, 0.2) is 6.10 Å². The lowest BCUT2D eigenvalue weighted by Crippen LogP contribution is -2.29. The first-order valence-electron chi connectivity index (χ1n) is 7.01. The molecule has 0 aliphatic heterocycles. The van der Waals surface area contributed by atoms with Crippen molar-refractivity contribution in [1.29, 1.82) is 0 Å². The molecule has 5 nitrogen and oxygen atoms in total. The summed E-state index contributed by atoms with van der Waals surface area (Å²) in [4.78, 5) is 27.7. The van der Waals surface area contributed by atoms with Gasteiger partial charge in [-0.15, -0.1) is 0 Å². The molecule has 0 saturated heterocycles. The van der Waals surface area contributed by atoms with Crippen LogP contribution >= 0.6 is 27.5 Å². The lowest BCUT2D eigenvalue weighted by atomic mass is 10.2. The number of esters is 1. The number of aromatic nitrogens is 1. The Kier molecular flexibility index (Phi) is 6.52. The number of nitrogens with one attached hydrogen (secondary N) is 1. The van der Waals surface area contributed by atoms with E-state index in [1.54, 1.807) is 18.2 Å². The second kappa shape index (κ2) is 8.61. The van der Waals surface area contributed by atoms with Crippen LogP contribution in [0.3, 0.4) is 0 Å². The van der Waals surface area contributed by atoms with Crippen molar-refractivity contribution in [3.8, 4) is 0 Å². The second-order valence-corrected chi connectivity index (χ2v) is 6.17. The van der Waals surface area contributed by atoms with Crippen molar-refractivity contribution >= 4 is 51.3 Å². The molecule has 0 saturated carbocycles.